The van der Waals surface area contributed by atoms with Crippen LogP contribution in [0.15, 0.2) is 85.2 Å². The molecule has 0 radical (unpaired) electrons. The molecule has 0 unspecified atom stereocenters. The van der Waals surface area contributed by atoms with Gasteiger partial charge in [0.2, 0.25) is 0 Å². The summed E-state index contributed by atoms with van der Waals surface area (Å²) in [5.74, 6) is 1.76. The minimum atomic E-state index is -0.555. The average molecular weight is 573 g/mol. The standard InChI is InChI=1S/C33H40N4O5/c1-41-30-9-11-32(39)25(19-30)21-36(23-27-7-3-5-15-34-27)17-13-29(38)14-18-37(24-28-8-4-6-16-35-28)22-26-20-31(42-2)10-12-33(26)40/h3-12,15-16,19-20,29,38-40H,13-14,17-18,21-24H2,1-2H3. The van der Waals surface area contributed by atoms with E-state index in [2.05, 4.69) is 19.8 Å². The molecule has 222 valence electrons. The summed E-state index contributed by atoms with van der Waals surface area (Å²) in [6.07, 6.45) is 4.06. The summed E-state index contributed by atoms with van der Waals surface area (Å²) in [6, 6.07) is 22.0. The van der Waals surface area contributed by atoms with E-state index in [1.807, 2.05) is 48.5 Å². The third-order valence-electron chi connectivity index (χ3n) is 7.14. The molecule has 4 rings (SSSR count). The van der Waals surface area contributed by atoms with Gasteiger partial charge in [-0.25, -0.2) is 0 Å². The van der Waals surface area contributed by atoms with Gasteiger partial charge in [-0.1, -0.05) is 12.1 Å². The molecule has 4 aromatic rings. The molecule has 42 heavy (non-hydrogen) atoms. The summed E-state index contributed by atoms with van der Waals surface area (Å²) in [6.45, 7) is 3.31. The number of methoxy groups -OCH3 is 2. The van der Waals surface area contributed by atoms with Crippen molar-refractivity contribution in [1.82, 2.24) is 19.8 Å². The molecule has 9 heteroatoms. The van der Waals surface area contributed by atoms with E-state index in [1.165, 1.54) is 0 Å². The molecule has 0 atom stereocenters. The van der Waals surface area contributed by atoms with Crippen LogP contribution in [0.2, 0.25) is 0 Å². The second-order valence-electron chi connectivity index (χ2n) is 10.3. The molecule has 0 saturated heterocycles. The molecule has 2 heterocycles. The van der Waals surface area contributed by atoms with Gasteiger partial charge in [0.1, 0.15) is 23.0 Å². The van der Waals surface area contributed by atoms with E-state index in [4.69, 9.17) is 9.47 Å². The molecule has 9 nitrogen and oxygen atoms in total. The van der Waals surface area contributed by atoms with Gasteiger partial charge in [0.25, 0.3) is 0 Å². The molecule has 3 N–H and O–H groups in total. The highest BCUT2D eigenvalue weighted by Crippen LogP contribution is 2.26. The van der Waals surface area contributed by atoms with Gasteiger partial charge >= 0.3 is 0 Å². The summed E-state index contributed by atoms with van der Waals surface area (Å²) in [4.78, 5) is 13.3. The van der Waals surface area contributed by atoms with Crippen molar-refractivity contribution in [2.45, 2.75) is 45.1 Å². The number of aliphatic hydroxyl groups is 1. The van der Waals surface area contributed by atoms with Gasteiger partial charge in [0.15, 0.2) is 0 Å². The number of benzene rings is 2. The zero-order valence-electron chi connectivity index (χ0n) is 24.3. The molecule has 0 spiro atoms. The van der Waals surface area contributed by atoms with Crippen LogP contribution in [0.4, 0.5) is 0 Å². The van der Waals surface area contributed by atoms with E-state index >= 15 is 0 Å². The Morgan fingerprint density at radius 1 is 0.643 bits per heavy atom. The Bertz CT molecular complexity index is 1270. The molecule has 0 bridgehead atoms. The number of hydrogen-bond donors (Lipinski definition) is 3. The van der Waals surface area contributed by atoms with Crippen molar-refractivity contribution in [2.24, 2.45) is 0 Å². The number of nitrogens with zero attached hydrogens (tertiary/aromatic N) is 4. The molecule has 0 saturated carbocycles. The second-order valence-corrected chi connectivity index (χ2v) is 10.3. The first-order chi connectivity index (χ1) is 20.4. The minimum absolute atomic E-state index is 0.202. The number of phenols is 2. The minimum Gasteiger partial charge on any atom is -0.508 e. The average Bonchev–Trinajstić information content (AvgIpc) is 3.01. The van der Waals surface area contributed by atoms with Gasteiger partial charge in [0.05, 0.1) is 31.7 Å². The van der Waals surface area contributed by atoms with Crippen LogP contribution >= 0.6 is 0 Å². The Balaban J connectivity index is 1.41. The fourth-order valence-corrected chi connectivity index (χ4v) is 4.79. The Morgan fingerprint density at radius 3 is 1.48 bits per heavy atom. The smallest absolute Gasteiger partial charge is 0.120 e. The van der Waals surface area contributed by atoms with Crippen LogP contribution < -0.4 is 9.47 Å². The summed E-state index contributed by atoms with van der Waals surface area (Å²) < 4.78 is 10.7. The summed E-state index contributed by atoms with van der Waals surface area (Å²) in [5, 5.41) is 32.0. The summed E-state index contributed by atoms with van der Waals surface area (Å²) in [7, 11) is 3.20. The van der Waals surface area contributed by atoms with Crippen molar-refractivity contribution in [3.05, 3.63) is 108 Å². The van der Waals surface area contributed by atoms with E-state index in [-0.39, 0.29) is 11.5 Å². The zero-order chi connectivity index (χ0) is 29.7. The lowest BCUT2D eigenvalue weighted by Crippen LogP contribution is -2.30. The lowest BCUT2D eigenvalue weighted by atomic mass is 10.1. The summed E-state index contributed by atoms with van der Waals surface area (Å²) >= 11 is 0. The van der Waals surface area contributed by atoms with E-state index in [0.717, 1.165) is 22.5 Å². The normalized spacial score (nSPS) is 11.4. The van der Waals surface area contributed by atoms with Crippen LogP contribution in [0.3, 0.4) is 0 Å². The molecule has 2 aromatic heterocycles. The number of phenolic OH excluding ortho intramolecular Hbond substituents is 2. The maximum atomic E-state index is 11.1. The quantitative estimate of drug-likeness (QED) is 0.175. The molecule has 2 aromatic carbocycles. The molecule has 0 fully saturated rings. The fraction of sp³-hybridized carbons (Fsp3) is 0.333. The van der Waals surface area contributed by atoms with Crippen molar-refractivity contribution >= 4 is 0 Å². The number of aliphatic hydroxyl groups excluding tert-OH is 1. The molecule has 0 aliphatic carbocycles. The van der Waals surface area contributed by atoms with E-state index < -0.39 is 6.10 Å². The van der Waals surface area contributed by atoms with Crippen molar-refractivity contribution in [3.63, 3.8) is 0 Å². The molecule has 0 aliphatic heterocycles. The molecular weight excluding hydrogens is 532 g/mol. The highest BCUT2D eigenvalue weighted by atomic mass is 16.5. The molecule has 0 aliphatic rings. The van der Waals surface area contributed by atoms with Crippen molar-refractivity contribution < 1.29 is 24.8 Å². The number of rotatable bonds is 16. The Kier molecular flexibility index (Phi) is 11.5. The Hall–Kier alpha value is -4.18. The summed E-state index contributed by atoms with van der Waals surface area (Å²) in [5.41, 5.74) is 3.32. The first-order valence-corrected chi connectivity index (χ1v) is 14.1. The van der Waals surface area contributed by atoms with Gasteiger partial charge in [-0.3, -0.25) is 19.8 Å². The first kappa shape index (κ1) is 30.8. The van der Waals surface area contributed by atoms with E-state index in [1.54, 1.807) is 50.9 Å². The Labute approximate surface area is 247 Å². The topological polar surface area (TPSA) is 111 Å². The maximum Gasteiger partial charge on any atom is 0.120 e. The van der Waals surface area contributed by atoms with Crippen molar-refractivity contribution in [2.75, 3.05) is 27.3 Å². The Morgan fingerprint density at radius 2 is 1.10 bits per heavy atom. The third kappa shape index (κ3) is 9.44. The van der Waals surface area contributed by atoms with Crippen LogP contribution in [0.5, 0.6) is 23.0 Å². The van der Waals surface area contributed by atoms with Crippen LogP contribution in [-0.4, -0.2) is 68.5 Å². The van der Waals surface area contributed by atoms with Crippen LogP contribution in [-0.2, 0) is 26.2 Å². The largest absolute Gasteiger partial charge is 0.508 e. The SMILES string of the molecule is COc1ccc(O)c(CN(CCC(O)CCN(Cc2ccccn2)Cc2cc(OC)ccc2O)Cc2ccccn2)c1. The zero-order valence-corrected chi connectivity index (χ0v) is 24.3. The van der Waals surface area contributed by atoms with Crippen molar-refractivity contribution in [3.8, 4) is 23.0 Å². The fourth-order valence-electron chi connectivity index (χ4n) is 4.79. The van der Waals surface area contributed by atoms with Crippen LogP contribution in [0.1, 0.15) is 35.4 Å². The maximum absolute atomic E-state index is 11.1. The van der Waals surface area contributed by atoms with Gasteiger partial charge in [-0.05, 0) is 73.5 Å². The van der Waals surface area contributed by atoms with Crippen LogP contribution in [0.25, 0.3) is 0 Å². The molecular formula is C33H40N4O5. The first-order valence-electron chi connectivity index (χ1n) is 14.1. The van der Waals surface area contributed by atoms with Gasteiger partial charge in [-0.15, -0.1) is 0 Å². The highest BCUT2D eigenvalue weighted by Gasteiger charge is 2.17. The predicted octanol–water partition coefficient (Wildman–Crippen LogP) is 4.75. The van der Waals surface area contributed by atoms with Crippen molar-refractivity contribution in [1.29, 1.82) is 0 Å². The van der Waals surface area contributed by atoms with E-state index in [0.29, 0.717) is 63.6 Å². The van der Waals surface area contributed by atoms with E-state index in [9.17, 15) is 15.3 Å². The number of aromatic nitrogens is 2. The lowest BCUT2D eigenvalue weighted by molar-refractivity contribution is 0.108. The number of pyridine rings is 2. The number of ether oxygens (including phenoxy) is 2. The van der Waals surface area contributed by atoms with Crippen LogP contribution in [0, 0.1) is 0 Å². The third-order valence-corrected chi connectivity index (χ3v) is 7.14. The lowest BCUT2D eigenvalue weighted by Gasteiger charge is -2.26. The second kappa shape index (κ2) is 15.7. The number of aromatic hydroxyl groups is 2. The van der Waals surface area contributed by atoms with Gasteiger partial charge in [-0.2, -0.15) is 0 Å². The highest BCUT2D eigenvalue weighted by molar-refractivity contribution is 5.40. The van der Waals surface area contributed by atoms with Gasteiger partial charge in [0, 0.05) is 62.8 Å². The van der Waals surface area contributed by atoms with Gasteiger partial charge < -0.3 is 24.8 Å². The predicted molar refractivity (Wildman–Crippen MR) is 161 cm³/mol. The molecule has 0 amide bonds. The monoisotopic (exact) mass is 572 g/mol. The number of hydrogen-bond acceptors (Lipinski definition) is 9.